The topological polar surface area (TPSA) is 91.3 Å². The maximum absolute atomic E-state index is 11.7. The van der Waals surface area contributed by atoms with Gasteiger partial charge in [0.25, 0.3) is 0 Å². The van der Waals surface area contributed by atoms with Crippen LogP contribution >= 0.6 is 22.7 Å². The number of urea groups is 1. The first-order chi connectivity index (χ1) is 10.1. The van der Waals surface area contributed by atoms with Gasteiger partial charge in [0.1, 0.15) is 0 Å². The summed E-state index contributed by atoms with van der Waals surface area (Å²) in [7, 11) is 0. The molecule has 0 aliphatic heterocycles. The molecular weight excluding hydrogens is 310 g/mol. The van der Waals surface area contributed by atoms with E-state index in [9.17, 15) is 9.59 Å². The van der Waals surface area contributed by atoms with Gasteiger partial charge in [0.05, 0.1) is 11.0 Å². The standard InChI is InChI=1S/C13H15N3O3S2/c1-8(9-3-5-20-6-9)15-13(19)14-4-2-11-16-10(7-21-11)12(17)18/h3,5-8H,2,4H2,1H3,(H,17,18)(H2,14,15,19). The van der Waals surface area contributed by atoms with Crippen LogP contribution in [0.4, 0.5) is 4.79 Å². The van der Waals surface area contributed by atoms with Gasteiger partial charge in [0.2, 0.25) is 0 Å². The molecule has 2 aromatic rings. The third-order valence-corrected chi connectivity index (χ3v) is 4.40. The Hall–Kier alpha value is -1.93. The molecule has 2 rings (SSSR count). The van der Waals surface area contributed by atoms with Crippen LogP contribution in [0.15, 0.2) is 22.2 Å². The number of hydrogen-bond donors (Lipinski definition) is 3. The van der Waals surface area contributed by atoms with Crippen molar-refractivity contribution in [2.45, 2.75) is 19.4 Å². The molecule has 0 aliphatic rings. The Morgan fingerprint density at radius 3 is 2.86 bits per heavy atom. The highest BCUT2D eigenvalue weighted by molar-refractivity contribution is 7.09. The molecule has 0 saturated carbocycles. The first kappa shape index (κ1) is 15.5. The van der Waals surface area contributed by atoms with Gasteiger partial charge in [-0.05, 0) is 29.3 Å². The van der Waals surface area contributed by atoms with E-state index in [1.165, 1.54) is 16.7 Å². The summed E-state index contributed by atoms with van der Waals surface area (Å²) in [4.78, 5) is 26.4. The predicted octanol–water partition coefficient (Wildman–Crippen LogP) is 2.51. The van der Waals surface area contributed by atoms with Crippen molar-refractivity contribution >= 4 is 34.7 Å². The third kappa shape index (κ3) is 4.54. The number of nitrogens with one attached hydrogen (secondary N) is 2. The molecule has 21 heavy (non-hydrogen) atoms. The Morgan fingerprint density at radius 1 is 1.43 bits per heavy atom. The molecule has 1 unspecified atom stereocenters. The lowest BCUT2D eigenvalue weighted by atomic mass is 10.2. The van der Waals surface area contributed by atoms with Crippen molar-refractivity contribution in [1.82, 2.24) is 15.6 Å². The van der Waals surface area contributed by atoms with Gasteiger partial charge in [-0.1, -0.05) is 0 Å². The summed E-state index contributed by atoms with van der Waals surface area (Å²) in [5.74, 6) is -1.03. The normalized spacial score (nSPS) is 11.9. The highest BCUT2D eigenvalue weighted by Gasteiger charge is 2.11. The van der Waals surface area contributed by atoms with Gasteiger partial charge in [-0.3, -0.25) is 0 Å². The molecule has 1 atom stereocenters. The molecule has 0 aromatic carbocycles. The van der Waals surface area contributed by atoms with Crippen molar-refractivity contribution in [3.05, 3.63) is 38.5 Å². The van der Waals surface area contributed by atoms with E-state index >= 15 is 0 Å². The molecule has 3 N–H and O–H groups in total. The highest BCUT2D eigenvalue weighted by atomic mass is 32.1. The largest absolute Gasteiger partial charge is 0.476 e. The second-order valence-corrected chi connectivity index (χ2v) is 6.08. The fraction of sp³-hybridized carbons (Fsp3) is 0.308. The van der Waals surface area contributed by atoms with Crippen LogP contribution in [-0.4, -0.2) is 28.6 Å². The Labute approximate surface area is 129 Å². The van der Waals surface area contributed by atoms with Crippen LogP contribution < -0.4 is 10.6 Å². The molecule has 0 spiro atoms. The number of rotatable bonds is 6. The minimum atomic E-state index is -1.03. The maximum Gasteiger partial charge on any atom is 0.355 e. The van der Waals surface area contributed by atoms with Gasteiger partial charge in [-0.2, -0.15) is 11.3 Å². The molecule has 0 fully saturated rings. The molecule has 0 bridgehead atoms. The molecule has 6 nitrogen and oxygen atoms in total. The molecule has 8 heteroatoms. The lowest BCUT2D eigenvalue weighted by molar-refractivity contribution is 0.0691. The molecule has 0 aliphatic carbocycles. The van der Waals surface area contributed by atoms with E-state index in [1.807, 2.05) is 23.8 Å². The summed E-state index contributed by atoms with van der Waals surface area (Å²) in [6, 6.07) is 1.68. The maximum atomic E-state index is 11.7. The van der Waals surface area contributed by atoms with E-state index in [2.05, 4.69) is 15.6 Å². The number of carbonyl (C=O) groups excluding carboxylic acids is 1. The first-order valence-electron chi connectivity index (χ1n) is 6.30. The number of carboxylic acid groups (broad SMARTS) is 1. The van der Waals surface area contributed by atoms with Gasteiger partial charge in [0, 0.05) is 18.3 Å². The van der Waals surface area contributed by atoms with Gasteiger partial charge >= 0.3 is 12.0 Å². The number of carboxylic acids is 1. The van der Waals surface area contributed by atoms with Crippen LogP contribution in [0.2, 0.25) is 0 Å². The Morgan fingerprint density at radius 2 is 2.24 bits per heavy atom. The molecular formula is C13H15N3O3S2. The van der Waals surface area contributed by atoms with Crippen LogP contribution in [0.3, 0.4) is 0 Å². The summed E-state index contributed by atoms with van der Waals surface area (Å²) < 4.78 is 0. The second kappa shape index (κ2) is 7.19. The summed E-state index contributed by atoms with van der Waals surface area (Å²) in [6.07, 6.45) is 0.512. The SMILES string of the molecule is CC(NC(=O)NCCc1nc(C(=O)O)cs1)c1ccsc1. The predicted molar refractivity (Wildman–Crippen MR) is 82.0 cm³/mol. The Balaban J connectivity index is 1.72. The van der Waals surface area contributed by atoms with Gasteiger partial charge < -0.3 is 15.7 Å². The molecule has 2 heterocycles. The summed E-state index contributed by atoms with van der Waals surface area (Å²) in [5, 5.41) is 20.5. The lowest BCUT2D eigenvalue weighted by Crippen LogP contribution is -2.37. The van der Waals surface area contributed by atoms with Crippen molar-refractivity contribution in [3.8, 4) is 0 Å². The number of aromatic carboxylic acids is 1. The van der Waals surface area contributed by atoms with Gasteiger partial charge in [-0.15, -0.1) is 11.3 Å². The lowest BCUT2D eigenvalue weighted by Gasteiger charge is -2.13. The summed E-state index contributed by atoms with van der Waals surface area (Å²) >= 11 is 2.87. The summed E-state index contributed by atoms with van der Waals surface area (Å²) in [5.41, 5.74) is 1.12. The van der Waals surface area contributed by atoms with Crippen LogP contribution in [0, 0.1) is 0 Å². The monoisotopic (exact) mass is 325 g/mol. The van der Waals surface area contributed by atoms with Gasteiger partial charge in [0.15, 0.2) is 5.69 Å². The number of carbonyl (C=O) groups is 2. The quantitative estimate of drug-likeness (QED) is 0.761. The van der Waals surface area contributed by atoms with E-state index in [1.54, 1.807) is 11.3 Å². The Kier molecular flexibility index (Phi) is 5.29. The van der Waals surface area contributed by atoms with E-state index < -0.39 is 5.97 Å². The van der Waals surface area contributed by atoms with Crippen molar-refractivity contribution < 1.29 is 14.7 Å². The minimum Gasteiger partial charge on any atom is -0.476 e. The number of thiazole rings is 1. The third-order valence-electron chi connectivity index (χ3n) is 2.79. The highest BCUT2D eigenvalue weighted by Crippen LogP contribution is 2.15. The molecule has 0 saturated heterocycles. The fourth-order valence-electron chi connectivity index (χ4n) is 1.66. The molecule has 2 aromatic heterocycles. The average Bonchev–Trinajstić information content (AvgIpc) is 3.10. The zero-order chi connectivity index (χ0) is 15.2. The molecule has 112 valence electrons. The van der Waals surface area contributed by atoms with Crippen molar-refractivity contribution in [1.29, 1.82) is 0 Å². The smallest absolute Gasteiger partial charge is 0.355 e. The average molecular weight is 325 g/mol. The zero-order valence-electron chi connectivity index (χ0n) is 11.3. The van der Waals surface area contributed by atoms with Crippen molar-refractivity contribution in [2.24, 2.45) is 0 Å². The number of thiophene rings is 1. The van der Waals surface area contributed by atoms with Gasteiger partial charge in [-0.25, -0.2) is 14.6 Å². The van der Waals surface area contributed by atoms with E-state index in [0.717, 1.165) is 5.56 Å². The number of aromatic nitrogens is 1. The zero-order valence-corrected chi connectivity index (χ0v) is 13.0. The summed E-state index contributed by atoms with van der Waals surface area (Å²) in [6.45, 7) is 2.33. The van der Waals surface area contributed by atoms with Crippen molar-refractivity contribution in [3.63, 3.8) is 0 Å². The second-order valence-electron chi connectivity index (χ2n) is 4.36. The number of nitrogens with zero attached hydrogens (tertiary/aromatic N) is 1. The molecule has 2 amide bonds. The Bertz CT molecular complexity index is 610. The minimum absolute atomic E-state index is 0.0466. The van der Waals surface area contributed by atoms with Crippen LogP contribution in [-0.2, 0) is 6.42 Å². The van der Waals surface area contributed by atoms with E-state index in [0.29, 0.717) is 18.0 Å². The van der Waals surface area contributed by atoms with Crippen LogP contribution in [0.25, 0.3) is 0 Å². The fourth-order valence-corrected chi connectivity index (χ4v) is 3.19. The number of hydrogen-bond acceptors (Lipinski definition) is 5. The number of amides is 2. The van der Waals surface area contributed by atoms with Crippen LogP contribution in [0.5, 0.6) is 0 Å². The van der Waals surface area contributed by atoms with Crippen LogP contribution in [0.1, 0.15) is 34.0 Å². The molecule has 0 radical (unpaired) electrons. The first-order valence-corrected chi connectivity index (χ1v) is 8.12. The van der Waals surface area contributed by atoms with E-state index in [4.69, 9.17) is 5.11 Å². The van der Waals surface area contributed by atoms with Crippen molar-refractivity contribution in [2.75, 3.05) is 6.54 Å². The van der Waals surface area contributed by atoms with E-state index in [-0.39, 0.29) is 17.8 Å².